The Hall–Kier alpha value is -2.40. The summed E-state index contributed by atoms with van der Waals surface area (Å²) in [7, 11) is 1.97. The Morgan fingerprint density at radius 2 is 1.57 bits per heavy atom. The van der Waals surface area contributed by atoms with Gasteiger partial charge in [-0.1, -0.05) is 0 Å². The summed E-state index contributed by atoms with van der Waals surface area (Å²) in [5.74, 6) is -9.26. The maximum absolute atomic E-state index is 12.8. The molecule has 118 valence electrons. The van der Waals surface area contributed by atoms with Crippen molar-refractivity contribution in [2.45, 2.75) is 12.1 Å². The van der Waals surface area contributed by atoms with Gasteiger partial charge in [0.2, 0.25) is 0 Å². The van der Waals surface area contributed by atoms with Crippen molar-refractivity contribution in [2.75, 3.05) is 11.1 Å². The number of amides is 1. The fourth-order valence-electron chi connectivity index (χ4n) is 1.30. The van der Waals surface area contributed by atoms with Crippen molar-refractivity contribution in [2.24, 2.45) is 14.1 Å². The van der Waals surface area contributed by atoms with E-state index < -0.39 is 40.8 Å². The molecule has 0 aliphatic rings. The van der Waals surface area contributed by atoms with Gasteiger partial charge in [0.1, 0.15) is 11.5 Å². The number of nitrogens with two attached hydrogens (primary N) is 1. The topological polar surface area (TPSA) is 99.1 Å². The van der Waals surface area contributed by atoms with Crippen molar-refractivity contribution >= 4 is 17.4 Å². The molecule has 1 rings (SSSR count). The van der Waals surface area contributed by atoms with Crippen LogP contribution in [0.2, 0.25) is 0 Å². The Kier molecular flexibility index (Phi) is 3.85. The quantitative estimate of drug-likeness (QED) is 0.738. The standard InChI is InChI=1S/C9H9F5N4O3/c1-17-4(15)3(5(19)18(2)7(17)21)16-6(20)8(10,11)9(12,13)14/h15H2,1-2H3,(H,16,20). The van der Waals surface area contributed by atoms with Crippen LogP contribution in [0.1, 0.15) is 0 Å². The van der Waals surface area contributed by atoms with Crippen molar-refractivity contribution < 1.29 is 26.7 Å². The summed E-state index contributed by atoms with van der Waals surface area (Å²) in [6.07, 6.45) is -6.14. The predicted molar refractivity (Wildman–Crippen MR) is 61.0 cm³/mol. The van der Waals surface area contributed by atoms with Crippen LogP contribution in [0.4, 0.5) is 33.5 Å². The lowest BCUT2D eigenvalue weighted by atomic mass is 10.3. The van der Waals surface area contributed by atoms with E-state index >= 15 is 0 Å². The minimum atomic E-state index is -6.14. The number of hydrogen-bond donors (Lipinski definition) is 2. The minimum absolute atomic E-state index is 0.387. The number of aromatic nitrogens is 2. The molecule has 0 saturated heterocycles. The third-order valence-corrected chi connectivity index (χ3v) is 2.59. The molecule has 0 aliphatic heterocycles. The molecule has 1 aromatic heterocycles. The number of anilines is 2. The lowest BCUT2D eigenvalue weighted by molar-refractivity contribution is -0.267. The fraction of sp³-hybridized carbons (Fsp3) is 0.444. The Balaban J connectivity index is 3.38. The second kappa shape index (κ2) is 4.86. The molecule has 0 fully saturated rings. The summed E-state index contributed by atoms with van der Waals surface area (Å²) >= 11 is 0. The number of carbonyl (C=O) groups excluding carboxylic acids is 1. The monoisotopic (exact) mass is 316 g/mol. The second-order valence-corrected chi connectivity index (χ2v) is 3.99. The number of nitrogen functional groups attached to an aromatic ring is 1. The van der Waals surface area contributed by atoms with E-state index in [1.165, 1.54) is 0 Å². The van der Waals surface area contributed by atoms with Crippen LogP contribution >= 0.6 is 0 Å². The first-order valence-corrected chi connectivity index (χ1v) is 5.13. The molecular formula is C9H9F5N4O3. The molecule has 7 nitrogen and oxygen atoms in total. The van der Waals surface area contributed by atoms with E-state index in [1.807, 2.05) is 0 Å². The number of rotatable bonds is 2. The summed E-state index contributed by atoms with van der Waals surface area (Å²) in [6.45, 7) is 0. The van der Waals surface area contributed by atoms with Gasteiger partial charge < -0.3 is 11.1 Å². The Morgan fingerprint density at radius 1 is 1.10 bits per heavy atom. The minimum Gasteiger partial charge on any atom is -0.383 e. The van der Waals surface area contributed by atoms with Crippen molar-refractivity contribution in [3.63, 3.8) is 0 Å². The van der Waals surface area contributed by atoms with Gasteiger partial charge in [0.15, 0.2) is 0 Å². The number of carbonyl (C=O) groups is 1. The van der Waals surface area contributed by atoms with Gasteiger partial charge in [-0.3, -0.25) is 18.7 Å². The molecule has 3 N–H and O–H groups in total. The summed E-state index contributed by atoms with van der Waals surface area (Å²) in [5.41, 5.74) is 1.95. The van der Waals surface area contributed by atoms with Gasteiger partial charge in [0.05, 0.1) is 0 Å². The maximum atomic E-state index is 12.8. The van der Waals surface area contributed by atoms with E-state index in [0.717, 1.165) is 19.4 Å². The van der Waals surface area contributed by atoms with Crippen LogP contribution in [0.15, 0.2) is 9.59 Å². The predicted octanol–water partition coefficient (Wildman–Crippen LogP) is -0.198. The van der Waals surface area contributed by atoms with Crippen molar-refractivity contribution in [1.82, 2.24) is 9.13 Å². The van der Waals surface area contributed by atoms with Gasteiger partial charge in [0, 0.05) is 14.1 Å². The Morgan fingerprint density at radius 3 is 2.00 bits per heavy atom. The SMILES string of the molecule is Cn1c(N)c(NC(=O)C(F)(F)C(F)(F)F)c(=O)n(C)c1=O. The summed E-state index contributed by atoms with van der Waals surface area (Å²) < 4.78 is 62.7. The van der Waals surface area contributed by atoms with Gasteiger partial charge in [-0.2, -0.15) is 22.0 Å². The molecule has 0 aliphatic carbocycles. The highest BCUT2D eigenvalue weighted by Gasteiger charge is 2.63. The molecule has 0 spiro atoms. The zero-order valence-electron chi connectivity index (χ0n) is 10.6. The van der Waals surface area contributed by atoms with Crippen LogP contribution in [0.3, 0.4) is 0 Å². The number of alkyl halides is 5. The summed E-state index contributed by atoms with van der Waals surface area (Å²) in [5, 5.41) is 1.11. The van der Waals surface area contributed by atoms with E-state index in [4.69, 9.17) is 5.73 Å². The molecule has 12 heteroatoms. The van der Waals surface area contributed by atoms with E-state index in [0.29, 0.717) is 9.13 Å². The Labute approximate surface area is 112 Å². The average molecular weight is 316 g/mol. The lowest BCUT2D eigenvalue weighted by Crippen LogP contribution is -2.49. The first-order chi connectivity index (χ1) is 9.32. The van der Waals surface area contributed by atoms with E-state index in [9.17, 15) is 36.3 Å². The van der Waals surface area contributed by atoms with E-state index in [-0.39, 0.29) is 0 Å². The third-order valence-electron chi connectivity index (χ3n) is 2.59. The van der Waals surface area contributed by atoms with Crippen molar-refractivity contribution in [1.29, 1.82) is 0 Å². The van der Waals surface area contributed by atoms with Gasteiger partial charge in [-0.25, -0.2) is 4.79 Å². The van der Waals surface area contributed by atoms with Crippen LogP contribution in [0.5, 0.6) is 0 Å². The van der Waals surface area contributed by atoms with Gasteiger partial charge in [-0.05, 0) is 0 Å². The molecular weight excluding hydrogens is 307 g/mol. The zero-order valence-corrected chi connectivity index (χ0v) is 10.6. The molecule has 21 heavy (non-hydrogen) atoms. The number of nitrogens with zero attached hydrogens (tertiary/aromatic N) is 2. The second-order valence-electron chi connectivity index (χ2n) is 3.99. The highest BCUT2D eigenvalue weighted by molar-refractivity contribution is 5.98. The largest absolute Gasteiger partial charge is 0.463 e. The zero-order chi connectivity index (χ0) is 16.7. The number of halogens is 5. The first-order valence-electron chi connectivity index (χ1n) is 5.13. The fourth-order valence-corrected chi connectivity index (χ4v) is 1.30. The first kappa shape index (κ1) is 16.7. The molecule has 0 bridgehead atoms. The smallest absolute Gasteiger partial charge is 0.383 e. The van der Waals surface area contributed by atoms with E-state index in [2.05, 4.69) is 0 Å². The molecule has 0 radical (unpaired) electrons. The number of hydrogen-bond acceptors (Lipinski definition) is 4. The lowest BCUT2D eigenvalue weighted by Gasteiger charge is -2.19. The van der Waals surface area contributed by atoms with Crippen molar-refractivity contribution in [3.8, 4) is 0 Å². The van der Waals surface area contributed by atoms with Crippen LogP contribution in [-0.2, 0) is 18.9 Å². The van der Waals surface area contributed by atoms with Crippen LogP contribution in [-0.4, -0.2) is 27.1 Å². The number of nitrogens with one attached hydrogen (secondary N) is 1. The molecule has 1 amide bonds. The molecule has 0 unspecified atom stereocenters. The van der Waals surface area contributed by atoms with Crippen molar-refractivity contribution in [3.05, 3.63) is 20.8 Å². The highest BCUT2D eigenvalue weighted by atomic mass is 19.4. The van der Waals surface area contributed by atoms with Crippen LogP contribution < -0.4 is 22.3 Å². The molecule has 1 heterocycles. The summed E-state index contributed by atoms with van der Waals surface area (Å²) in [6, 6.07) is 0. The molecule has 1 aromatic rings. The molecule has 0 aromatic carbocycles. The van der Waals surface area contributed by atoms with Crippen LogP contribution in [0.25, 0.3) is 0 Å². The maximum Gasteiger partial charge on any atom is 0.463 e. The normalized spacial score (nSPS) is 12.3. The summed E-state index contributed by atoms with van der Waals surface area (Å²) in [4.78, 5) is 34.0. The van der Waals surface area contributed by atoms with Gasteiger partial charge in [0.25, 0.3) is 5.56 Å². The third kappa shape index (κ3) is 2.60. The highest BCUT2D eigenvalue weighted by Crippen LogP contribution is 2.36. The van der Waals surface area contributed by atoms with E-state index in [1.54, 1.807) is 0 Å². The van der Waals surface area contributed by atoms with Crippen LogP contribution in [0, 0.1) is 0 Å². The Bertz CT molecular complexity index is 703. The van der Waals surface area contributed by atoms with Gasteiger partial charge in [-0.15, -0.1) is 0 Å². The average Bonchev–Trinajstić information content (AvgIpc) is 2.37. The molecule has 0 saturated carbocycles. The molecule has 0 atom stereocenters. The van der Waals surface area contributed by atoms with Gasteiger partial charge >= 0.3 is 23.7 Å².